The summed E-state index contributed by atoms with van der Waals surface area (Å²) in [7, 11) is -1.55. The molecule has 1 rings (SSSR count). The zero-order valence-corrected chi connectivity index (χ0v) is 9.14. The van der Waals surface area contributed by atoms with Crippen LogP contribution < -0.4 is 0 Å². The highest BCUT2D eigenvalue weighted by Crippen LogP contribution is 2.49. The first-order chi connectivity index (χ1) is 6.54. The molecule has 0 heterocycles. The Morgan fingerprint density at radius 2 is 2.14 bits per heavy atom. The van der Waals surface area contributed by atoms with E-state index in [0.717, 1.165) is 12.8 Å². The average molecular weight is 217 g/mol. The summed E-state index contributed by atoms with van der Waals surface area (Å²) >= 11 is 0. The molecule has 0 aromatic carbocycles. The molecule has 0 aromatic heterocycles. The van der Waals surface area contributed by atoms with Crippen molar-refractivity contribution in [3.63, 3.8) is 0 Å². The van der Waals surface area contributed by atoms with Crippen molar-refractivity contribution >= 4 is 9.84 Å². The van der Waals surface area contributed by atoms with Gasteiger partial charge in [-0.15, -0.1) is 0 Å². The molecule has 0 aromatic rings. The lowest BCUT2D eigenvalue weighted by Gasteiger charge is -2.10. The summed E-state index contributed by atoms with van der Waals surface area (Å²) in [6.45, 7) is 0.241. The first kappa shape index (κ1) is 11.5. The van der Waals surface area contributed by atoms with Crippen LogP contribution in [-0.2, 0) is 14.6 Å². The Morgan fingerprint density at radius 3 is 2.57 bits per heavy atom. The van der Waals surface area contributed by atoms with E-state index in [4.69, 9.17) is 10.00 Å². The van der Waals surface area contributed by atoms with E-state index >= 15 is 0 Å². The quantitative estimate of drug-likeness (QED) is 0.658. The molecule has 14 heavy (non-hydrogen) atoms. The molecule has 1 aliphatic rings. The fourth-order valence-electron chi connectivity index (χ4n) is 1.47. The van der Waals surface area contributed by atoms with Crippen LogP contribution in [0.1, 0.15) is 19.3 Å². The normalized spacial score (nSPS) is 18.9. The molecule has 0 N–H and O–H groups in total. The molecule has 0 amide bonds. The number of nitrogens with zero attached hydrogens (tertiary/aromatic N) is 1. The van der Waals surface area contributed by atoms with Crippen molar-refractivity contribution in [2.24, 2.45) is 5.41 Å². The zero-order chi connectivity index (χ0) is 10.7. The number of hydrogen-bond acceptors (Lipinski definition) is 4. The molecule has 4 nitrogen and oxygen atoms in total. The van der Waals surface area contributed by atoms with Crippen LogP contribution in [0.5, 0.6) is 0 Å². The summed E-state index contributed by atoms with van der Waals surface area (Å²) in [6.07, 6.45) is 2.10. The minimum atomic E-state index is -3.04. The molecular weight excluding hydrogens is 202 g/mol. The van der Waals surface area contributed by atoms with Crippen LogP contribution in [0, 0.1) is 16.7 Å². The topological polar surface area (TPSA) is 67.2 Å². The maximum Gasteiger partial charge on any atom is 0.153 e. The summed E-state index contributed by atoms with van der Waals surface area (Å²) in [6, 6.07) is 2.05. The monoisotopic (exact) mass is 217 g/mol. The van der Waals surface area contributed by atoms with Crippen molar-refractivity contribution < 1.29 is 13.2 Å². The zero-order valence-electron chi connectivity index (χ0n) is 8.32. The van der Waals surface area contributed by atoms with Crippen LogP contribution in [0.3, 0.4) is 0 Å². The summed E-state index contributed by atoms with van der Waals surface area (Å²) in [5.41, 5.74) is -0.221. The van der Waals surface area contributed by atoms with Gasteiger partial charge in [-0.3, -0.25) is 0 Å². The summed E-state index contributed by atoms with van der Waals surface area (Å²) < 4.78 is 27.8. The Bertz CT molecular complexity index is 324. The highest BCUT2D eigenvalue weighted by atomic mass is 32.2. The average Bonchev–Trinajstić information content (AvgIpc) is 2.81. The summed E-state index contributed by atoms with van der Waals surface area (Å²) in [5, 5.41) is 8.55. The summed E-state index contributed by atoms with van der Waals surface area (Å²) in [4.78, 5) is 0. The van der Waals surface area contributed by atoms with E-state index in [1.807, 2.05) is 0 Å². The summed E-state index contributed by atoms with van der Waals surface area (Å²) in [5.74, 6) is 0.216. The van der Waals surface area contributed by atoms with Gasteiger partial charge in [0.1, 0.15) is 0 Å². The minimum Gasteiger partial charge on any atom is -0.384 e. The van der Waals surface area contributed by atoms with Crippen LogP contribution >= 0.6 is 0 Å². The molecule has 0 aliphatic heterocycles. The molecule has 5 heteroatoms. The first-order valence-electron chi connectivity index (χ1n) is 4.60. The number of hydrogen-bond donors (Lipinski definition) is 0. The maximum absolute atomic E-state index is 11.5. The van der Waals surface area contributed by atoms with Gasteiger partial charge in [0.05, 0.1) is 24.2 Å². The smallest absolute Gasteiger partial charge is 0.153 e. The Kier molecular flexibility index (Phi) is 3.51. The number of ether oxygens (including phenoxy) is 1. The molecule has 1 saturated carbocycles. The fraction of sp³-hybridized carbons (Fsp3) is 0.889. The molecule has 0 spiro atoms. The molecule has 0 radical (unpaired) electrons. The van der Waals surface area contributed by atoms with Gasteiger partial charge in [-0.2, -0.15) is 5.26 Å². The van der Waals surface area contributed by atoms with E-state index in [2.05, 4.69) is 6.07 Å². The Labute approximate surface area is 84.8 Å². The second-order valence-electron chi connectivity index (χ2n) is 3.92. The molecular formula is C9H15NO3S. The van der Waals surface area contributed by atoms with Crippen molar-refractivity contribution in [1.82, 2.24) is 0 Å². The van der Waals surface area contributed by atoms with Gasteiger partial charge < -0.3 is 4.74 Å². The first-order valence-corrected chi connectivity index (χ1v) is 6.42. The van der Waals surface area contributed by atoms with Gasteiger partial charge in [0, 0.05) is 13.5 Å². The van der Waals surface area contributed by atoms with Gasteiger partial charge in [0.25, 0.3) is 0 Å². The van der Waals surface area contributed by atoms with Gasteiger partial charge in [-0.25, -0.2) is 8.42 Å². The van der Waals surface area contributed by atoms with E-state index in [9.17, 15) is 8.42 Å². The van der Waals surface area contributed by atoms with Crippen molar-refractivity contribution in [3.8, 4) is 6.07 Å². The second-order valence-corrected chi connectivity index (χ2v) is 6.10. The number of rotatable bonds is 6. The Hall–Kier alpha value is -0.600. The predicted molar refractivity (Wildman–Crippen MR) is 52.4 cm³/mol. The molecule has 0 bridgehead atoms. The Morgan fingerprint density at radius 1 is 1.50 bits per heavy atom. The van der Waals surface area contributed by atoms with Gasteiger partial charge >= 0.3 is 0 Å². The van der Waals surface area contributed by atoms with Crippen LogP contribution in [0.2, 0.25) is 0 Å². The lowest BCUT2D eigenvalue weighted by atomic mass is 10.1. The lowest BCUT2D eigenvalue weighted by molar-refractivity contribution is 0.217. The van der Waals surface area contributed by atoms with Gasteiger partial charge in [-0.05, 0) is 18.3 Å². The van der Waals surface area contributed by atoms with Crippen molar-refractivity contribution in [1.29, 1.82) is 5.26 Å². The van der Waals surface area contributed by atoms with E-state index in [1.54, 1.807) is 0 Å². The van der Waals surface area contributed by atoms with Crippen LogP contribution in [0.25, 0.3) is 0 Å². The van der Waals surface area contributed by atoms with Gasteiger partial charge in [-0.1, -0.05) is 0 Å². The lowest BCUT2D eigenvalue weighted by Crippen LogP contribution is -2.21. The third kappa shape index (κ3) is 3.28. The molecule has 1 fully saturated rings. The molecule has 0 atom stereocenters. The van der Waals surface area contributed by atoms with Crippen LogP contribution in [0.15, 0.2) is 0 Å². The number of nitriles is 1. The van der Waals surface area contributed by atoms with E-state index in [1.165, 1.54) is 7.11 Å². The predicted octanol–water partition coefficient (Wildman–Crippen LogP) is 0.741. The van der Waals surface area contributed by atoms with E-state index < -0.39 is 9.84 Å². The third-order valence-corrected chi connectivity index (χ3v) is 4.38. The van der Waals surface area contributed by atoms with Gasteiger partial charge in [0.2, 0.25) is 0 Å². The second kappa shape index (κ2) is 4.28. The standard InChI is InChI=1S/C9H15NO3S/c1-13-6-7-14(11,12)8-9(2-3-9)4-5-10/h2-4,6-8H2,1H3. The van der Waals surface area contributed by atoms with Crippen molar-refractivity contribution in [3.05, 3.63) is 0 Å². The minimum absolute atomic E-state index is 0.0661. The number of sulfone groups is 1. The highest BCUT2D eigenvalue weighted by Gasteiger charge is 2.45. The van der Waals surface area contributed by atoms with Crippen LogP contribution in [-0.4, -0.2) is 33.6 Å². The van der Waals surface area contributed by atoms with Crippen molar-refractivity contribution in [2.45, 2.75) is 19.3 Å². The maximum atomic E-state index is 11.5. The highest BCUT2D eigenvalue weighted by molar-refractivity contribution is 7.91. The SMILES string of the molecule is COCCS(=O)(=O)CC1(CC#N)CC1. The molecule has 0 saturated heterocycles. The van der Waals surface area contributed by atoms with E-state index in [-0.39, 0.29) is 23.5 Å². The molecule has 0 unspecified atom stereocenters. The van der Waals surface area contributed by atoms with Crippen molar-refractivity contribution in [2.75, 3.05) is 25.2 Å². The third-order valence-electron chi connectivity index (χ3n) is 2.54. The molecule has 80 valence electrons. The molecule has 1 aliphatic carbocycles. The van der Waals surface area contributed by atoms with Crippen LogP contribution in [0.4, 0.5) is 0 Å². The largest absolute Gasteiger partial charge is 0.384 e. The van der Waals surface area contributed by atoms with E-state index in [0.29, 0.717) is 6.42 Å². The van der Waals surface area contributed by atoms with Gasteiger partial charge in [0.15, 0.2) is 9.84 Å². The fourth-order valence-corrected chi connectivity index (χ4v) is 3.35. The Balaban J connectivity index is 2.47. The number of methoxy groups -OCH3 is 1.